The Hall–Kier alpha value is -1.35. The molecule has 0 atom stereocenters. The van der Waals surface area contributed by atoms with Gasteiger partial charge in [0.2, 0.25) is 5.95 Å². The summed E-state index contributed by atoms with van der Waals surface area (Å²) in [4.78, 5) is 3.82. The van der Waals surface area contributed by atoms with Crippen molar-refractivity contribution in [3.8, 4) is 6.01 Å². The number of rotatable bonds is 6. The van der Waals surface area contributed by atoms with E-state index < -0.39 is 10.2 Å². The largest absolute Gasteiger partial charge is 0.463 e. The van der Waals surface area contributed by atoms with Crippen molar-refractivity contribution < 1.29 is 13.2 Å². The topological polar surface area (TPSA) is 100 Å². The number of anilines is 1. The highest BCUT2D eigenvalue weighted by Gasteiger charge is 2.21. The number of aromatic nitrogens is 3. The maximum Gasteiger partial charge on any atom is 0.337 e. The quantitative estimate of drug-likeness (QED) is 0.763. The van der Waals surface area contributed by atoms with Gasteiger partial charge in [0.15, 0.2) is 0 Å². The molecule has 0 aliphatic heterocycles. The van der Waals surface area contributed by atoms with Crippen LogP contribution in [0.1, 0.15) is 20.8 Å². The van der Waals surface area contributed by atoms with E-state index in [1.165, 1.54) is 11.4 Å². The first-order valence-electron chi connectivity index (χ1n) is 5.17. The van der Waals surface area contributed by atoms with Gasteiger partial charge in [0.1, 0.15) is 0 Å². The molecule has 1 aromatic rings. The lowest BCUT2D eigenvalue weighted by Gasteiger charge is -2.20. The summed E-state index contributed by atoms with van der Waals surface area (Å²) in [6, 6.07) is -0.0424. The lowest BCUT2D eigenvalue weighted by atomic mass is 10.4. The van der Waals surface area contributed by atoms with Crippen LogP contribution in [0.3, 0.4) is 0 Å². The maximum absolute atomic E-state index is 11.8. The van der Waals surface area contributed by atoms with Gasteiger partial charge in [-0.3, -0.25) is 0 Å². The van der Waals surface area contributed by atoms with Crippen molar-refractivity contribution >= 4 is 16.2 Å². The van der Waals surface area contributed by atoms with Crippen molar-refractivity contribution in [2.75, 3.05) is 18.4 Å². The smallest absolute Gasteiger partial charge is 0.337 e. The SMILES string of the molecule is CCOc1n[nH]c(NS(=O)(=O)N(C)C(C)C)n1. The first kappa shape index (κ1) is 13.7. The van der Waals surface area contributed by atoms with Gasteiger partial charge in [0.05, 0.1) is 6.61 Å². The van der Waals surface area contributed by atoms with Crippen LogP contribution in [-0.4, -0.2) is 47.6 Å². The minimum absolute atomic E-state index is 0.0287. The fourth-order valence-corrected chi connectivity index (χ4v) is 1.99. The average molecular weight is 263 g/mol. The first-order chi connectivity index (χ1) is 7.86. The van der Waals surface area contributed by atoms with Gasteiger partial charge in [0.25, 0.3) is 0 Å². The summed E-state index contributed by atoms with van der Waals surface area (Å²) in [5.74, 6) is 0.0287. The fourth-order valence-electron chi connectivity index (χ4n) is 0.957. The molecule has 0 spiro atoms. The minimum Gasteiger partial charge on any atom is -0.463 e. The molecule has 0 aliphatic carbocycles. The summed E-state index contributed by atoms with van der Waals surface area (Å²) < 4.78 is 32.1. The minimum atomic E-state index is -3.62. The van der Waals surface area contributed by atoms with Crippen molar-refractivity contribution in [1.82, 2.24) is 19.5 Å². The van der Waals surface area contributed by atoms with Gasteiger partial charge in [-0.2, -0.15) is 17.7 Å². The first-order valence-corrected chi connectivity index (χ1v) is 6.61. The highest BCUT2D eigenvalue weighted by atomic mass is 32.2. The Morgan fingerprint density at radius 1 is 1.53 bits per heavy atom. The summed E-state index contributed by atoms with van der Waals surface area (Å²) >= 11 is 0. The van der Waals surface area contributed by atoms with E-state index in [4.69, 9.17) is 4.74 Å². The molecule has 0 unspecified atom stereocenters. The molecule has 98 valence electrons. The number of nitrogens with zero attached hydrogens (tertiary/aromatic N) is 3. The van der Waals surface area contributed by atoms with E-state index in [1.807, 2.05) is 0 Å². The van der Waals surface area contributed by atoms with Crippen molar-refractivity contribution in [3.05, 3.63) is 0 Å². The van der Waals surface area contributed by atoms with Crippen LogP contribution >= 0.6 is 0 Å². The molecule has 0 bridgehead atoms. The number of hydrogen-bond acceptors (Lipinski definition) is 5. The van der Waals surface area contributed by atoms with Gasteiger partial charge in [-0.1, -0.05) is 0 Å². The van der Waals surface area contributed by atoms with Crippen LogP contribution in [0.4, 0.5) is 5.95 Å². The third kappa shape index (κ3) is 3.56. The Labute approximate surface area is 101 Å². The van der Waals surface area contributed by atoms with E-state index in [9.17, 15) is 8.42 Å². The van der Waals surface area contributed by atoms with Crippen molar-refractivity contribution in [2.24, 2.45) is 0 Å². The predicted molar refractivity (Wildman–Crippen MR) is 63.0 cm³/mol. The van der Waals surface area contributed by atoms with Crippen LogP contribution in [0.25, 0.3) is 0 Å². The normalized spacial score (nSPS) is 12.1. The molecule has 17 heavy (non-hydrogen) atoms. The summed E-state index contributed by atoms with van der Waals surface area (Å²) in [6.45, 7) is 5.74. The molecule has 1 rings (SSSR count). The lowest BCUT2D eigenvalue weighted by Crippen LogP contribution is -2.37. The van der Waals surface area contributed by atoms with Crippen molar-refractivity contribution in [2.45, 2.75) is 26.8 Å². The van der Waals surface area contributed by atoms with Crippen LogP contribution in [0.5, 0.6) is 6.01 Å². The molecular weight excluding hydrogens is 246 g/mol. The third-order valence-corrected chi connectivity index (χ3v) is 3.70. The van der Waals surface area contributed by atoms with Gasteiger partial charge in [-0.15, -0.1) is 5.10 Å². The Morgan fingerprint density at radius 2 is 2.18 bits per heavy atom. The highest BCUT2D eigenvalue weighted by molar-refractivity contribution is 7.90. The molecule has 0 aromatic carbocycles. The fraction of sp³-hybridized carbons (Fsp3) is 0.750. The predicted octanol–water partition coefficient (Wildman–Crippen LogP) is 0.200. The molecule has 0 saturated carbocycles. The van der Waals surface area contributed by atoms with Crippen LogP contribution in [0.2, 0.25) is 0 Å². The maximum atomic E-state index is 11.8. The standard InChI is InChI=1S/C8H17N5O3S/c1-5-16-8-9-7(10-11-8)12-17(14,15)13(4)6(2)3/h6H,5H2,1-4H3,(H2,9,10,11,12). The van der Waals surface area contributed by atoms with Gasteiger partial charge in [-0.25, -0.2) is 9.82 Å². The van der Waals surface area contributed by atoms with Crippen LogP contribution in [0.15, 0.2) is 0 Å². The van der Waals surface area contributed by atoms with Crippen molar-refractivity contribution in [1.29, 1.82) is 0 Å². The monoisotopic (exact) mass is 263 g/mol. The molecule has 1 aromatic heterocycles. The second-order valence-electron chi connectivity index (χ2n) is 3.62. The van der Waals surface area contributed by atoms with Gasteiger partial charge in [0, 0.05) is 13.1 Å². The van der Waals surface area contributed by atoms with Gasteiger partial charge >= 0.3 is 16.2 Å². The van der Waals surface area contributed by atoms with Gasteiger partial charge < -0.3 is 4.74 Å². The molecular formula is C8H17N5O3S. The molecule has 9 heteroatoms. The van der Waals surface area contributed by atoms with Crippen molar-refractivity contribution in [3.63, 3.8) is 0 Å². The number of ether oxygens (including phenoxy) is 1. The van der Waals surface area contributed by atoms with Crippen LogP contribution in [0, 0.1) is 0 Å². The molecule has 0 aliphatic rings. The van der Waals surface area contributed by atoms with E-state index in [0.29, 0.717) is 6.61 Å². The number of aromatic amines is 1. The van der Waals surface area contributed by atoms with E-state index in [-0.39, 0.29) is 18.0 Å². The van der Waals surface area contributed by atoms with Crippen LogP contribution in [-0.2, 0) is 10.2 Å². The third-order valence-electron chi connectivity index (χ3n) is 2.07. The summed E-state index contributed by atoms with van der Waals surface area (Å²) in [6.07, 6.45) is 0. The Balaban J connectivity index is 2.76. The van der Waals surface area contributed by atoms with E-state index in [1.54, 1.807) is 20.8 Å². The average Bonchev–Trinajstić information content (AvgIpc) is 2.64. The summed E-state index contributed by atoms with van der Waals surface area (Å²) in [5, 5.41) is 6.13. The number of H-pyrrole nitrogens is 1. The Kier molecular flexibility index (Phi) is 4.29. The second-order valence-corrected chi connectivity index (χ2v) is 5.35. The molecule has 0 fully saturated rings. The lowest BCUT2D eigenvalue weighted by molar-refractivity contribution is 0.314. The second kappa shape index (κ2) is 5.32. The van der Waals surface area contributed by atoms with Crippen LogP contribution < -0.4 is 9.46 Å². The highest BCUT2D eigenvalue weighted by Crippen LogP contribution is 2.10. The zero-order valence-corrected chi connectivity index (χ0v) is 11.1. The molecule has 1 heterocycles. The molecule has 8 nitrogen and oxygen atoms in total. The molecule has 2 N–H and O–H groups in total. The van der Waals surface area contributed by atoms with E-state index >= 15 is 0 Å². The number of nitrogens with one attached hydrogen (secondary N) is 2. The zero-order valence-electron chi connectivity index (χ0n) is 10.3. The van der Waals surface area contributed by atoms with Gasteiger partial charge in [-0.05, 0) is 20.8 Å². The van der Waals surface area contributed by atoms with E-state index in [2.05, 4.69) is 19.9 Å². The Morgan fingerprint density at radius 3 is 2.71 bits per heavy atom. The molecule has 0 radical (unpaired) electrons. The van der Waals surface area contributed by atoms with E-state index in [0.717, 1.165) is 0 Å². The molecule has 0 amide bonds. The molecule has 0 saturated heterocycles. The summed E-state index contributed by atoms with van der Waals surface area (Å²) in [5.41, 5.74) is 0. The zero-order chi connectivity index (χ0) is 13.1. The summed E-state index contributed by atoms with van der Waals surface area (Å²) in [7, 11) is -2.14. The Bertz CT molecular complexity index is 455. The number of hydrogen-bond donors (Lipinski definition) is 2.